The van der Waals surface area contributed by atoms with E-state index in [4.69, 9.17) is 16.3 Å². The van der Waals surface area contributed by atoms with Crippen LogP contribution in [-0.2, 0) is 11.8 Å². The summed E-state index contributed by atoms with van der Waals surface area (Å²) in [5.41, 5.74) is 3.19. The van der Waals surface area contributed by atoms with Crippen molar-refractivity contribution in [1.29, 1.82) is 0 Å². The molecule has 4 rings (SSSR count). The van der Waals surface area contributed by atoms with Crippen LogP contribution < -0.4 is 10.9 Å². The van der Waals surface area contributed by atoms with Gasteiger partial charge in [0.25, 0.3) is 11.5 Å². The summed E-state index contributed by atoms with van der Waals surface area (Å²) in [6.07, 6.45) is 3.19. The SMILES string of the molecule is COC[C@H](C)NC(=O)c1cc(-c2ccc(-c3ccc(Cl)cc3)cc2)nn(-c2cnn(C)c2)c1=O. The van der Waals surface area contributed by atoms with E-state index in [0.29, 0.717) is 23.0 Å². The first kappa shape index (κ1) is 23.4. The Kier molecular flexibility index (Phi) is 6.90. The predicted molar refractivity (Wildman–Crippen MR) is 131 cm³/mol. The quantitative estimate of drug-likeness (QED) is 0.438. The van der Waals surface area contributed by atoms with Gasteiger partial charge in [0.2, 0.25) is 0 Å². The third-order valence-corrected chi connectivity index (χ3v) is 5.50. The van der Waals surface area contributed by atoms with E-state index in [2.05, 4.69) is 15.5 Å². The van der Waals surface area contributed by atoms with E-state index in [1.807, 2.05) is 48.5 Å². The van der Waals surface area contributed by atoms with E-state index in [-0.39, 0.29) is 11.6 Å². The molecule has 0 saturated carbocycles. The zero-order valence-electron chi connectivity index (χ0n) is 19.0. The van der Waals surface area contributed by atoms with Gasteiger partial charge in [-0.05, 0) is 36.2 Å². The smallest absolute Gasteiger partial charge is 0.284 e. The largest absolute Gasteiger partial charge is 0.383 e. The number of hydrogen-bond donors (Lipinski definition) is 1. The molecule has 4 aromatic rings. The summed E-state index contributed by atoms with van der Waals surface area (Å²) in [6.45, 7) is 2.13. The molecule has 34 heavy (non-hydrogen) atoms. The lowest BCUT2D eigenvalue weighted by molar-refractivity contribution is 0.0903. The topological polar surface area (TPSA) is 91.0 Å². The number of nitrogens with one attached hydrogen (secondary N) is 1. The summed E-state index contributed by atoms with van der Waals surface area (Å²) in [6, 6.07) is 16.5. The van der Waals surface area contributed by atoms with Gasteiger partial charge in [-0.2, -0.15) is 14.9 Å². The lowest BCUT2D eigenvalue weighted by Gasteiger charge is -2.14. The molecule has 0 saturated heterocycles. The Morgan fingerprint density at radius 3 is 2.29 bits per heavy atom. The van der Waals surface area contributed by atoms with Gasteiger partial charge in [-0.15, -0.1) is 0 Å². The summed E-state index contributed by atoms with van der Waals surface area (Å²) in [5.74, 6) is -0.492. The first-order valence-electron chi connectivity index (χ1n) is 10.7. The number of amides is 1. The number of aryl methyl sites for hydroxylation is 1. The number of nitrogens with zero attached hydrogens (tertiary/aromatic N) is 4. The van der Waals surface area contributed by atoms with Gasteiger partial charge < -0.3 is 10.1 Å². The molecule has 0 radical (unpaired) electrons. The second kappa shape index (κ2) is 10.0. The summed E-state index contributed by atoms with van der Waals surface area (Å²) in [4.78, 5) is 26.1. The van der Waals surface area contributed by atoms with Gasteiger partial charge in [-0.25, -0.2) is 0 Å². The number of methoxy groups -OCH3 is 1. The zero-order valence-corrected chi connectivity index (χ0v) is 19.8. The third-order valence-electron chi connectivity index (χ3n) is 5.24. The summed E-state index contributed by atoms with van der Waals surface area (Å²) < 4.78 is 7.85. The number of hydrogen-bond acceptors (Lipinski definition) is 5. The fourth-order valence-electron chi connectivity index (χ4n) is 3.56. The maximum absolute atomic E-state index is 13.2. The zero-order chi connectivity index (χ0) is 24.2. The van der Waals surface area contributed by atoms with Crippen LogP contribution in [0.15, 0.2) is 71.8 Å². The minimum Gasteiger partial charge on any atom is -0.383 e. The average molecular weight is 478 g/mol. The van der Waals surface area contributed by atoms with Crippen molar-refractivity contribution in [1.82, 2.24) is 24.9 Å². The third kappa shape index (κ3) is 5.08. The maximum Gasteiger partial charge on any atom is 0.284 e. The van der Waals surface area contributed by atoms with Crippen LogP contribution in [0.3, 0.4) is 0 Å². The second-order valence-corrected chi connectivity index (χ2v) is 8.38. The molecule has 1 atom stereocenters. The molecular formula is C25H24ClN5O3. The van der Waals surface area contributed by atoms with Crippen molar-refractivity contribution in [3.8, 4) is 28.1 Å². The van der Waals surface area contributed by atoms with E-state index in [9.17, 15) is 9.59 Å². The van der Waals surface area contributed by atoms with Crippen molar-refractivity contribution in [3.05, 3.63) is 87.9 Å². The maximum atomic E-state index is 13.2. The fourth-order valence-corrected chi connectivity index (χ4v) is 3.69. The molecule has 0 aliphatic carbocycles. The summed E-state index contributed by atoms with van der Waals surface area (Å²) in [7, 11) is 3.30. The minimum atomic E-state index is -0.531. The van der Waals surface area contributed by atoms with E-state index in [0.717, 1.165) is 16.7 Å². The minimum absolute atomic E-state index is 0.0152. The number of ether oxygens (including phenoxy) is 1. The highest BCUT2D eigenvalue weighted by Crippen LogP contribution is 2.25. The molecule has 0 aliphatic heterocycles. The van der Waals surface area contributed by atoms with E-state index in [1.165, 1.54) is 16.9 Å². The molecule has 0 fully saturated rings. The lowest BCUT2D eigenvalue weighted by atomic mass is 10.0. The van der Waals surface area contributed by atoms with Crippen molar-refractivity contribution < 1.29 is 9.53 Å². The number of benzene rings is 2. The van der Waals surface area contributed by atoms with E-state index in [1.54, 1.807) is 32.0 Å². The highest BCUT2D eigenvalue weighted by Gasteiger charge is 2.19. The van der Waals surface area contributed by atoms with Crippen molar-refractivity contribution in [2.75, 3.05) is 13.7 Å². The van der Waals surface area contributed by atoms with E-state index >= 15 is 0 Å². The van der Waals surface area contributed by atoms with E-state index < -0.39 is 11.5 Å². The van der Waals surface area contributed by atoms with Crippen LogP contribution >= 0.6 is 11.6 Å². The van der Waals surface area contributed by atoms with Gasteiger partial charge in [0.15, 0.2) is 0 Å². The fraction of sp³-hybridized carbons (Fsp3) is 0.200. The van der Waals surface area contributed by atoms with Crippen molar-refractivity contribution in [2.24, 2.45) is 7.05 Å². The molecule has 174 valence electrons. The Morgan fingerprint density at radius 2 is 1.71 bits per heavy atom. The molecule has 1 amide bonds. The van der Waals surface area contributed by atoms with Gasteiger partial charge in [-0.1, -0.05) is 48.0 Å². The Hall–Kier alpha value is -3.75. The van der Waals surface area contributed by atoms with Crippen molar-refractivity contribution in [2.45, 2.75) is 13.0 Å². The molecule has 2 aromatic heterocycles. The molecule has 0 spiro atoms. The Morgan fingerprint density at radius 1 is 1.09 bits per heavy atom. The van der Waals surface area contributed by atoms with Gasteiger partial charge in [0, 0.05) is 30.8 Å². The summed E-state index contributed by atoms with van der Waals surface area (Å²) >= 11 is 5.99. The number of aromatic nitrogens is 4. The number of rotatable bonds is 7. The molecule has 0 aliphatic rings. The molecule has 1 N–H and O–H groups in total. The second-order valence-electron chi connectivity index (χ2n) is 7.95. The van der Waals surface area contributed by atoms with Crippen LogP contribution in [0.2, 0.25) is 5.02 Å². The molecule has 8 nitrogen and oxygen atoms in total. The number of carbonyl (C=O) groups excluding carboxylic acids is 1. The highest BCUT2D eigenvalue weighted by molar-refractivity contribution is 6.30. The predicted octanol–water partition coefficient (Wildman–Crippen LogP) is 3.72. The Bertz CT molecular complexity index is 1360. The van der Waals surface area contributed by atoms with Crippen LogP contribution in [-0.4, -0.2) is 45.2 Å². The number of carbonyl (C=O) groups is 1. The van der Waals surface area contributed by atoms with Gasteiger partial charge >= 0.3 is 0 Å². The van der Waals surface area contributed by atoms with Crippen LogP contribution in [0.5, 0.6) is 0 Å². The molecular weight excluding hydrogens is 454 g/mol. The normalized spacial score (nSPS) is 11.9. The lowest BCUT2D eigenvalue weighted by Crippen LogP contribution is -2.39. The van der Waals surface area contributed by atoms with Crippen LogP contribution in [0, 0.1) is 0 Å². The molecule has 0 bridgehead atoms. The average Bonchev–Trinajstić information content (AvgIpc) is 3.26. The van der Waals surface area contributed by atoms with Crippen molar-refractivity contribution in [3.63, 3.8) is 0 Å². The van der Waals surface area contributed by atoms with Gasteiger partial charge in [0.1, 0.15) is 11.3 Å². The van der Waals surface area contributed by atoms with Crippen LogP contribution in [0.4, 0.5) is 0 Å². The Balaban J connectivity index is 1.76. The Labute approximate surface area is 201 Å². The molecule has 2 aromatic carbocycles. The van der Waals surface area contributed by atoms with Crippen LogP contribution in [0.25, 0.3) is 28.1 Å². The first-order valence-corrected chi connectivity index (χ1v) is 11.0. The molecule has 2 heterocycles. The standard InChI is InChI=1S/C25H24ClN5O3/c1-16(15-34-3)28-24(32)22-12-23(29-31(25(22)33)21-13-27-30(2)14-21)19-6-4-17(5-7-19)18-8-10-20(26)11-9-18/h4-14,16H,15H2,1-3H3,(H,28,32)/t16-/m0/s1. The molecule has 0 unspecified atom stereocenters. The summed E-state index contributed by atoms with van der Waals surface area (Å²) in [5, 5.41) is 12.1. The van der Waals surface area contributed by atoms with Gasteiger partial charge in [-0.3, -0.25) is 14.3 Å². The highest BCUT2D eigenvalue weighted by atomic mass is 35.5. The monoisotopic (exact) mass is 477 g/mol. The first-order chi connectivity index (χ1) is 16.4. The van der Waals surface area contributed by atoms with Crippen molar-refractivity contribution >= 4 is 17.5 Å². The van der Waals surface area contributed by atoms with Gasteiger partial charge in [0.05, 0.1) is 24.7 Å². The molecule has 9 heteroatoms. The van der Waals surface area contributed by atoms with Crippen LogP contribution in [0.1, 0.15) is 17.3 Å². The number of halogens is 1.